The number of unbranched alkanes of at least 4 members (excludes halogenated alkanes) is 1. The van der Waals surface area contributed by atoms with E-state index in [2.05, 4.69) is 46.6 Å². The van der Waals surface area contributed by atoms with Gasteiger partial charge >= 0.3 is 0 Å². The van der Waals surface area contributed by atoms with Gasteiger partial charge < -0.3 is 20.4 Å². The molecule has 0 aliphatic carbocycles. The van der Waals surface area contributed by atoms with Gasteiger partial charge in [-0.15, -0.1) is 0 Å². The van der Waals surface area contributed by atoms with Crippen LogP contribution >= 0.6 is 12.2 Å². The lowest BCUT2D eigenvalue weighted by atomic mass is 10.2. The van der Waals surface area contributed by atoms with Gasteiger partial charge in [-0.25, -0.2) is 4.98 Å². The molecule has 1 aromatic heterocycles. The molecule has 0 amide bonds. The predicted octanol–water partition coefficient (Wildman–Crippen LogP) is 4.54. The van der Waals surface area contributed by atoms with Crippen molar-refractivity contribution < 1.29 is 4.74 Å². The van der Waals surface area contributed by atoms with Gasteiger partial charge in [-0.2, -0.15) is 0 Å². The number of anilines is 1. The Morgan fingerprint density at radius 2 is 2.00 bits per heavy atom. The smallest absolute Gasteiger partial charge is 0.170 e. The standard InChI is InChI=1S/C20H24N4OS/c1-3-4-11-21-20(26)22-15-6-8-16(9-7-15)25-13-19-23-17-10-5-14(2)12-18(17)24-19/h5-10,12H,3-4,11,13H2,1-2H3,(H,23,24)(H2,21,22,26). The molecular weight excluding hydrogens is 344 g/mol. The topological polar surface area (TPSA) is 62.0 Å². The molecule has 1 heterocycles. The summed E-state index contributed by atoms with van der Waals surface area (Å²) in [6, 6.07) is 13.9. The number of aromatic amines is 1. The Labute approximate surface area is 159 Å². The molecule has 0 aliphatic heterocycles. The monoisotopic (exact) mass is 368 g/mol. The number of rotatable bonds is 7. The maximum Gasteiger partial charge on any atom is 0.170 e. The van der Waals surface area contributed by atoms with Crippen LogP contribution in [0, 0.1) is 6.92 Å². The molecule has 2 aromatic carbocycles. The molecule has 26 heavy (non-hydrogen) atoms. The molecule has 0 radical (unpaired) electrons. The van der Waals surface area contributed by atoms with Crippen molar-refractivity contribution in [3.8, 4) is 5.75 Å². The van der Waals surface area contributed by atoms with Crippen LogP contribution in [-0.2, 0) is 6.61 Å². The van der Waals surface area contributed by atoms with Crippen molar-refractivity contribution in [2.45, 2.75) is 33.3 Å². The van der Waals surface area contributed by atoms with Crippen LogP contribution < -0.4 is 15.4 Å². The second-order valence-electron chi connectivity index (χ2n) is 6.25. The third kappa shape index (κ3) is 4.95. The Morgan fingerprint density at radius 3 is 2.77 bits per heavy atom. The number of nitrogens with zero attached hydrogens (tertiary/aromatic N) is 1. The Kier molecular flexibility index (Phi) is 6.07. The van der Waals surface area contributed by atoms with E-state index in [4.69, 9.17) is 17.0 Å². The number of imidazole rings is 1. The zero-order chi connectivity index (χ0) is 18.4. The van der Waals surface area contributed by atoms with E-state index < -0.39 is 0 Å². The second kappa shape index (κ2) is 8.67. The van der Waals surface area contributed by atoms with Crippen LogP contribution in [0.4, 0.5) is 5.69 Å². The van der Waals surface area contributed by atoms with Crippen molar-refractivity contribution >= 4 is 34.1 Å². The van der Waals surface area contributed by atoms with Gasteiger partial charge in [0, 0.05) is 12.2 Å². The molecule has 6 heteroatoms. The van der Waals surface area contributed by atoms with Crippen molar-refractivity contribution in [2.24, 2.45) is 0 Å². The summed E-state index contributed by atoms with van der Waals surface area (Å²) in [5, 5.41) is 7.00. The van der Waals surface area contributed by atoms with Crippen molar-refractivity contribution in [1.29, 1.82) is 0 Å². The number of benzene rings is 2. The number of thiocarbonyl (C=S) groups is 1. The number of H-pyrrole nitrogens is 1. The molecule has 3 aromatic rings. The molecule has 0 atom stereocenters. The summed E-state index contributed by atoms with van der Waals surface area (Å²) in [6.45, 7) is 5.51. The van der Waals surface area contributed by atoms with Crippen molar-refractivity contribution in [3.05, 3.63) is 53.9 Å². The summed E-state index contributed by atoms with van der Waals surface area (Å²) in [5.41, 5.74) is 4.13. The molecule has 3 N–H and O–H groups in total. The first kappa shape index (κ1) is 18.2. The first-order valence-electron chi connectivity index (χ1n) is 8.87. The summed E-state index contributed by atoms with van der Waals surface area (Å²) >= 11 is 5.27. The molecule has 0 saturated heterocycles. The molecule has 0 unspecified atom stereocenters. The lowest BCUT2D eigenvalue weighted by Gasteiger charge is -2.11. The van der Waals surface area contributed by atoms with Gasteiger partial charge in [0.05, 0.1) is 11.0 Å². The van der Waals surface area contributed by atoms with Crippen molar-refractivity contribution in [1.82, 2.24) is 15.3 Å². The van der Waals surface area contributed by atoms with Crippen molar-refractivity contribution in [2.75, 3.05) is 11.9 Å². The normalized spacial score (nSPS) is 10.7. The maximum atomic E-state index is 5.82. The number of hydrogen-bond acceptors (Lipinski definition) is 3. The van der Waals surface area contributed by atoms with Gasteiger partial charge in [0.25, 0.3) is 0 Å². The van der Waals surface area contributed by atoms with Gasteiger partial charge in [-0.1, -0.05) is 19.4 Å². The second-order valence-corrected chi connectivity index (χ2v) is 6.66. The Morgan fingerprint density at radius 1 is 1.19 bits per heavy atom. The van der Waals surface area contributed by atoms with Crippen LogP contribution in [0.15, 0.2) is 42.5 Å². The molecule has 0 saturated carbocycles. The maximum absolute atomic E-state index is 5.82. The van der Waals surface area contributed by atoms with Crippen LogP contribution in [0.1, 0.15) is 31.2 Å². The summed E-state index contributed by atoms with van der Waals surface area (Å²) < 4.78 is 5.82. The van der Waals surface area contributed by atoms with E-state index in [1.165, 1.54) is 5.56 Å². The van der Waals surface area contributed by atoms with E-state index in [-0.39, 0.29) is 0 Å². The summed E-state index contributed by atoms with van der Waals surface area (Å²) in [7, 11) is 0. The minimum atomic E-state index is 0.400. The van der Waals surface area contributed by atoms with Crippen molar-refractivity contribution in [3.63, 3.8) is 0 Å². The fourth-order valence-electron chi connectivity index (χ4n) is 2.58. The zero-order valence-electron chi connectivity index (χ0n) is 15.1. The summed E-state index contributed by atoms with van der Waals surface area (Å²) in [5.74, 6) is 1.60. The van der Waals surface area contributed by atoms with Gasteiger partial charge in [0.2, 0.25) is 0 Å². The molecule has 5 nitrogen and oxygen atoms in total. The minimum Gasteiger partial charge on any atom is -0.486 e. The highest BCUT2D eigenvalue weighted by molar-refractivity contribution is 7.80. The number of hydrogen-bond donors (Lipinski definition) is 3. The molecule has 0 spiro atoms. The minimum absolute atomic E-state index is 0.400. The zero-order valence-corrected chi connectivity index (χ0v) is 16.0. The predicted molar refractivity (Wildman–Crippen MR) is 111 cm³/mol. The summed E-state index contributed by atoms with van der Waals surface area (Å²) in [4.78, 5) is 7.84. The highest BCUT2D eigenvalue weighted by atomic mass is 32.1. The number of nitrogens with one attached hydrogen (secondary N) is 3. The largest absolute Gasteiger partial charge is 0.486 e. The third-order valence-corrected chi connectivity index (χ3v) is 4.24. The average molecular weight is 369 g/mol. The molecule has 0 fully saturated rings. The first-order chi connectivity index (χ1) is 12.6. The number of fused-ring (bicyclic) bond motifs is 1. The number of aromatic nitrogens is 2. The highest BCUT2D eigenvalue weighted by Crippen LogP contribution is 2.18. The summed E-state index contributed by atoms with van der Waals surface area (Å²) in [6.07, 6.45) is 2.25. The van der Waals surface area contributed by atoms with Crippen LogP contribution in [0.3, 0.4) is 0 Å². The quantitative estimate of drug-likeness (QED) is 0.422. The number of ether oxygens (including phenoxy) is 1. The Bertz CT molecular complexity index is 873. The van der Waals surface area contributed by atoms with Gasteiger partial charge in [-0.3, -0.25) is 0 Å². The van der Waals surface area contributed by atoms with Gasteiger partial charge in [0.1, 0.15) is 18.2 Å². The van der Waals surface area contributed by atoms with E-state index in [1.54, 1.807) is 0 Å². The number of aryl methyl sites for hydroxylation is 1. The van der Waals surface area contributed by atoms with E-state index in [0.717, 1.165) is 47.7 Å². The molecule has 0 aliphatic rings. The van der Waals surface area contributed by atoms with Crippen LogP contribution in [0.2, 0.25) is 0 Å². The van der Waals surface area contributed by atoms with Crippen LogP contribution in [-0.4, -0.2) is 21.6 Å². The SMILES string of the molecule is CCCCNC(=S)Nc1ccc(OCc2nc3ccc(C)cc3[nH]2)cc1. The van der Waals surface area contributed by atoms with E-state index in [0.29, 0.717) is 11.7 Å². The fourth-order valence-corrected chi connectivity index (χ4v) is 2.80. The molecule has 3 rings (SSSR count). The van der Waals surface area contributed by atoms with E-state index in [9.17, 15) is 0 Å². The van der Waals surface area contributed by atoms with Gasteiger partial charge in [-0.05, 0) is 67.5 Å². The lowest BCUT2D eigenvalue weighted by Crippen LogP contribution is -2.29. The Balaban J connectivity index is 1.52. The van der Waals surface area contributed by atoms with E-state index >= 15 is 0 Å². The lowest BCUT2D eigenvalue weighted by molar-refractivity contribution is 0.297. The fraction of sp³-hybridized carbons (Fsp3) is 0.300. The first-order valence-corrected chi connectivity index (χ1v) is 9.28. The van der Waals surface area contributed by atoms with Crippen LogP contribution in [0.5, 0.6) is 5.75 Å². The molecular formula is C20H24N4OS. The molecule has 0 bridgehead atoms. The third-order valence-electron chi connectivity index (χ3n) is 3.99. The van der Waals surface area contributed by atoms with Crippen LogP contribution in [0.25, 0.3) is 11.0 Å². The Hall–Kier alpha value is -2.60. The average Bonchev–Trinajstić information content (AvgIpc) is 3.03. The van der Waals surface area contributed by atoms with Gasteiger partial charge in [0.15, 0.2) is 5.11 Å². The van der Waals surface area contributed by atoms with E-state index in [1.807, 2.05) is 30.3 Å². The highest BCUT2D eigenvalue weighted by Gasteiger charge is 2.04. The molecule has 136 valence electrons.